The number of nitrogens with zero attached hydrogens (tertiary/aromatic N) is 12. The maximum absolute atomic E-state index is 5.45. The van der Waals surface area contributed by atoms with Crippen molar-refractivity contribution in [3.05, 3.63) is 0 Å². The molecule has 0 fully saturated rings. The zero-order chi connectivity index (χ0) is 111. The van der Waals surface area contributed by atoms with Crippen molar-refractivity contribution in [2.24, 2.45) is 68.8 Å². The average Bonchev–Trinajstić information content (AvgIpc) is 0.953. The molecule has 144 heavy (non-hydrogen) atoms. The highest BCUT2D eigenvalue weighted by Gasteiger charge is 2.05. The van der Waals surface area contributed by atoms with Crippen molar-refractivity contribution in [1.29, 1.82) is 0 Å². The van der Waals surface area contributed by atoms with Crippen molar-refractivity contribution in [2.45, 2.75) is 214 Å². The molecule has 0 radical (unpaired) electrons. The van der Waals surface area contributed by atoms with Gasteiger partial charge in [-0.2, -0.15) is 0 Å². The summed E-state index contributed by atoms with van der Waals surface area (Å²) >= 11 is 0. The molecule has 0 spiro atoms. The van der Waals surface area contributed by atoms with Crippen LogP contribution >= 0.6 is 0 Å². The van der Waals surface area contributed by atoms with Gasteiger partial charge in [-0.15, -0.1) is 0 Å². The Morgan fingerprint density at radius 1 is 0.125 bits per heavy atom. The largest absolute Gasteiger partial charge is 0.330 e. The fraction of sp³-hybridized carbons (Fsp3) is 1.00. The molecule has 0 unspecified atom stereocenters. The van der Waals surface area contributed by atoms with Crippen LogP contribution in [-0.2, 0) is 0 Å². The van der Waals surface area contributed by atoms with Crippen LogP contribution in [0.1, 0.15) is 214 Å². The van der Waals surface area contributed by atoms with E-state index in [0.717, 1.165) is 294 Å². The van der Waals surface area contributed by atoms with E-state index in [1.807, 2.05) is 21.1 Å². The van der Waals surface area contributed by atoms with Gasteiger partial charge in [0.25, 0.3) is 0 Å². The van der Waals surface area contributed by atoms with Crippen LogP contribution in [0.4, 0.5) is 0 Å². The van der Waals surface area contributed by atoms with E-state index < -0.39 is 0 Å². The van der Waals surface area contributed by atoms with Crippen molar-refractivity contribution < 1.29 is 0 Å². The second-order valence-corrected chi connectivity index (χ2v) is 39.0. The number of nitrogens with two attached hydrogens (primary N) is 12. The Balaban J connectivity index is -0.000000132. The summed E-state index contributed by atoms with van der Waals surface area (Å²) in [5, 5.41) is 42.8. The molecule has 0 saturated heterocycles. The molecule has 0 rings (SSSR count). The molecule has 0 aliphatic rings. The fourth-order valence-corrected chi connectivity index (χ4v) is 12.5. The highest BCUT2D eigenvalue weighted by Crippen LogP contribution is 2.01. The summed E-state index contributed by atoms with van der Waals surface area (Å²) in [6.45, 7) is 66.7. The number of hydrogen-bond donors (Lipinski definition) is 25. The summed E-state index contributed by atoms with van der Waals surface area (Å²) in [5.41, 5.74) is 64.4. The van der Waals surface area contributed by atoms with Crippen LogP contribution in [0.5, 0.6) is 0 Å². The van der Waals surface area contributed by atoms with Crippen LogP contribution in [0.2, 0.25) is 0 Å². The van der Waals surface area contributed by atoms with Crippen molar-refractivity contribution in [1.82, 2.24) is 128 Å². The molecular formula is C107H275N37. The van der Waals surface area contributed by atoms with Crippen molar-refractivity contribution in [2.75, 3.05) is 494 Å². The average molecular weight is 2080 g/mol. The topological polar surface area (TPSA) is 508 Å². The Labute approximate surface area is 900 Å². The number of likely N-dealkylation sites (N-methyl/N-ethyl adjacent to an activating group) is 11. The lowest BCUT2D eigenvalue weighted by Crippen LogP contribution is -2.35. The smallest absolute Gasteiger partial charge is 0.0107 e. The first kappa shape index (κ1) is 168. The van der Waals surface area contributed by atoms with Crippen LogP contribution in [0.3, 0.4) is 0 Å². The van der Waals surface area contributed by atoms with Gasteiger partial charge in [0.1, 0.15) is 0 Å². The van der Waals surface area contributed by atoms with Crippen LogP contribution in [0, 0.1) is 0 Å². The van der Waals surface area contributed by atoms with E-state index in [2.05, 4.69) is 275 Å². The molecule has 0 amide bonds. The second-order valence-electron chi connectivity index (χ2n) is 39.0. The predicted octanol–water partition coefficient (Wildman–Crippen LogP) is 1.62. The lowest BCUT2D eigenvalue weighted by molar-refractivity contribution is 0.264. The van der Waals surface area contributed by atoms with Crippen molar-refractivity contribution >= 4 is 0 Å². The van der Waals surface area contributed by atoms with Crippen LogP contribution in [0.25, 0.3) is 0 Å². The summed E-state index contributed by atoms with van der Waals surface area (Å²) in [5.74, 6) is 0. The molecule has 0 aliphatic carbocycles. The fourth-order valence-electron chi connectivity index (χ4n) is 12.5. The minimum atomic E-state index is 0.709. The third-order valence-corrected chi connectivity index (χ3v) is 22.3. The third-order valence-electron chi connectivity index (χ3n) is 22.3. The van der Waals surface area contributed by atoms with Gasteiger partial charge in [0.05, 0.1) is 0 Å². The van der Waals surface area contributed by atoms with Gasteiger partial charge in [-0.05, 0) is 354 Å². The Morgan fingerprint density at radius 2 is 0.292 bits per heavy atom. The lowest BCUT2D eigenvalue weighted by atomic mass is 10.2. The molecule has 0 bridgehead atoms. The minimum Gasteiger partial charge on any atom is -0.330 e. The zero-order valence-electron chi connectivity index (χ0n) is 101. The predicted molar refractivity (Wildman–Crippen MR) is 651 cm³/mol. The molecular weight excluding hydrogens is 1800 g/mol. The van der Waals surface area contributed by atoms with Crippen LogP contribution in [0.15, 0.2) is 0 Å². The van der Waals surface area contributed by atoms with E-state index in [1.165, 1.54) is 239 Å². The van der Waals surface area contributed by atoms with E-state index >= 15 is 0 Å². The molecule has 888 valence electrons. The van der Waals surface area contributed by atoms with Crippen molar-refractivity contribution in [3.8, 4) is 0 Å². The molecule has 37 N–H and O–H groups in total. The SMILES string of the molecule is CCCCNCCCCCN.CCCCNCCCCCN(C)C.CCCCNCCCCCNC.CCCCNCCN(C)CCN.CCCCNCCN(C)CCNC.CN(C)CCCCCN(C)CCN.CN(C)CCCCCNCCN.CN(C)CCN(C)CCNCCN.CN(CCN)CCN(C)CCN.CN(CCN)CCNCCN.CNCCN(C)CCNCCN.NCCCCCNCCN. The molecule has 0 heterocycles. The normalized spacial score (nSPS) is 11.0. The molecule has 0 aliphatic heterocycles. The van der Waals surface area contributed by atoms with Gasteiger partial charge >= 0.3 is 0 Å². The highest BCUT2D eigenvalue weighted by molar-refractivity contribution is 4.65. The molecule has 0 aromatic carbocycles. The summed E-state index contributed by atoms with van der Waals surface area (Å²) < 4.78 is 0. The molecule has 0 saturated carbocycles. The van der Waals surface area contributed by atoms with E-state index in [-0.39, 0.29) is 0 Å². The van der Waals surface area contributed by atoms with Gasteiger partial charge in [0.2, 0.25) is 0 Å². The summed E-state index contributed by atoms with van der Waals surface area (Å²) in [4.78, 5) is 27.1. The number of rotatable bonds is 96. The van der Waals surface area contributed by atoms with E-state index in [9.17, 15) is 0 Å². The summed E-state index contributed by atoms with van der Waals surface area (Å²) in [6.07, 6.45) is 36.1. The Kier molecular flexibility index (Phi) is 191. The lowest BCUT2D eigenvalue weighted by Gasteiger charge is -2.20. The third kappa shape index (κ3) is 209. The molecule has 0 aromatic rings. The van der Waals surface area contributed by atoms with Gasteiger partial charge in [-0.1, -0.05) is 105 Å². The van der Waals surface area contributed by atoms with E-state index in [4.69, 9.17) is 68.8 Å². The Morgan fingerprint density at radius 3 is 0.521 bits per heavy atom. The zero-order valence-corrected chi connectivity index (χ0v) is 101. The summed E-state index contributed by atoms with van der Waals surface area (Å²) in [7, 11) is 39.9. The molecule has 0 atom stereocenters. The first-order valence-corrected chi connectivity index (χ1v) is 58.0. The molecule has 0 aromatic heterocycles. The first-order chi connectivity index (χ1) is 69.5. The molecule has 37 nitrogen and oxygen atoms in total. The summed E-state index contributed by atoms with van der Waals surface area (Å²) in [6, 6.07) is 0. The van der Waals surface area contributed by atoms with E-state index in [1.54, 1.807) is 0 Å². The van der Waals surface area contributed by atoms with Gasteiger partial charge in [-0.3, -0.25) is 0 Å². The maximum atomic E-state index is 5.45. The number of hydrogen-bond acceptors (Lipinski definition) is 37. The minimum absolute atomic E-state index is 0.709. The van der Waals surface area contributed by atoms with Crippen LogP contribution < -0.4 is 138 Å². The maximum Gasteiger partial charge on any atom is 0.0107 e. The van der Waals surface area contributed by atoms with Crippen LogP contribution in [-0.4, -0.2) is 553 Å². The van der Waals surface area contributed by atoms with Gasteiger partial charge in [-0.25, -0.2) is 0 Å². The quantitative estimate of drug-likeness (QED) is 0.0385. The van der Waals surface area contributed by atoms with E-state index in [0.29, 0.717) is 6.54 Å². The standard InChI is InChI=1S/C11H26N2.2C10H25N3.C10H24N2.C9H24N4.2C9H23N3.C9H22N2.2C8H22N4.C7H20N4.C7H19N3/c1-4-5-9-12-10-7-6-8-11-13(2)3;1-12(2)8-5-4-6-9-13(3)10-7-11;1-4-5-6-12-8-10-13(3)9-7-11-2;1-3-4-9-12-10-7-5-6-8-11-2;1-12(2)8-9-13(3)7-6-11-5-4-10;1-12(2)9-5-3-4-7-11-8-6-10;1-3-4-6-11-7-9-12(2)8-5-10;1-2-3-8-11-9-6-4-5-7-10;1-11(5-3-9)7-8-12(2)6-4-10;1-10-5-7-12(2)8-6-11-4-3-9;1-11(6-3-9)7-5-10-4-2-8;8-4-2-1-3-6-10-7-5-9/h12H,4-11H2,1-3H3;4-11H2,1-3H3;11-12H,4-10H2,1-3H3;11-12H,3-10H2,1-2H3;11H,4-10H2,1-3H3;2*11H,3-10H2,1-2H3;11H,2-10H2,1H3;3-10H2,1-2H3;10-11H,3-9H2,1-2H3;10H,2-9H2,1H3;10H,1-9H2. The Hall–Kier alpha value is -1.48. The van der Waals surface area contributed by atoms with Gasteiger partial charge in [0, 0.05) is 249 Å². The first-order valence-electron chi connectivity index (χ1n) is 58.0. The van der Waals surface area contributed by atoms with Gasteiger partial charge in [0.15, 0.2) is 0 Å². The monoisotopic (exact) mass is 2080 g/mol. The highest BCUT2D eigenvalue weighted by atomic mass is 15.2. The second kappa shape index (κ2) is 164. The Bertz CT molecular complexity index is 1930. The number of unbranched alkanes of at least 4 members (excludes halogenated alkanes) is 17. The van der Waals surface area contributed by atoms with Gasteiger partial charge < -0.3 is 197 Å². The molecule has 37 heteroatoms. The van der Waals surface area contributed by atoms with Crippen molar-refractivity contribution in [3.63, 3.8) is 0 Å². The number of nitrogens with one attached hydrogen (secondary N) is 13.